The maximum atomic E-state index is 13.9. The zero-order valence-corrected chi connectivity index (χ0v) is 11.8. The molecule has 0 spiro atoms. The molecule has 1 N–H and O–H groups in total. The second-order valence-corrected chi connectivity index (χ2v) is 5.23. The van der Waals surface area contributed by atoms with E-state index in [4.69, 9.17) is 0 Å². The van der Waals surface area contributed by atoms with E-state index in [0.29, 0.717) is 11.1 Å². The SMILES string of the molecule is O=C(O)N1CC(c2cc(F)ccc2F)=CC1c1cccc(F)c1. The maximum absolute atomic E-state index is 13.9. The molecule has 0 saturated carbocycles. The summed E-state index contributed by atoms with van der Waals surface area (Å²) in [6.45, 7) is -0.100. The molecule has 1 unspecified atom stereocenters. The number of nitrogens with zero attached hydrogens (tertiary/aromatic N) is 1. The van der Waals surface area contributed by atoms with Crippen LogP contribution in [0.2, 0.25) is 0 Å². The smallest absolute Gasteiger partial charge is 0.408 e. The van der Waals surface area contributed by atoms with Gasteiger partial charge in [-0.05, 0) is 41.5 Å². The van der Waals surface area contributed by atoms with Crippen LogP contribution < -0.4 is 0 Å². The maximum Gasteiger partial charge on any atom is 0.408 e. The number of carboxylic acid groups (broad SMARTS) is 1. The fourth-order valence-corrected chi connectivity index (χ4v) is 2.69. The van der Waals surface area contributed by atoms with E-state index < -0.39 is 29.6 Å². The van der Waals surface area contributed by atoms with E-state index in [0.717, 1.165) is 23.1 Å². The largest absolute Gasteiger partial charge is 0.465 e. The van der Waals surface area contributed by atoms with Crippen LogP contribution in [0.4, 0.5) is 18.0 Å². The molecule has 1 amide bonds. The van der Waals surface area contributed by atoms with E-state index in [2.05, 4.69) is 0 Å². The quantitative estimate of drug-likeness (QED) is 0.900. The molecule has 1 heterocycles. The predicted molar refractivity (Wildman–Crippen MR) is 78.2 cm³/mol. The van der Waals surface area contributed by atoms with E-state index >= 15 is 0 Å². The number of hydrogen-bond acceptors (Lipinski definition) is 1. The molecule has 6 heteroatoms. The van der Waals surface area contributed by atoms with Gasteiger partial charge < -0.3 is 5.11 Å². The van der Waals surface area contributed by atoms with Crippen LogP contribution in [0.15, 0.2) is 48.5 Å². The van der Waals surface area contributed by atoms with E-state index in [1.807, 2.05) is 0 Å². The third kappa shape index (κ3) is 2.92. The van der Waals surface area contributed by atoms with Crippen LogP contribution in [-0.2, 0) is 0 Å². The monoisotopic (exact) mass is 319 g/mol. The standard InChI is InChI=1S/C17H12F3NO2/c18-12-3-1-2-10(6-12)16-7-11(9-21(16)17(22)23)14-8-13(19)4-5-15(14)20/h1-8,16H,9H2,(H,22,23). The van der Waals surface area contributed by atoms with Crippen LogP contribution in [0.5, 0.6) is 0 Å². The van der Waals surface area contributed by atoms with E-state index in [-0.39, 0.29) is 12.1 Å². The van der Waals surface area contributed by atoms with Crippen LogP contribution in [0.1, 0.15) is 17.2 Å². The Morgan fingerprint density at radius 2 is 1.83 bits per heavy atom. The summed E-state index contributed by atoms with van der Waals surface area (Å²) in [7, 11) is 0. The minimum absolute atomic E-state index is 0.00940. The van der Waals surface area contributed by atoms with Gasteiger partial charge in [0.2, 0.25) is 0 Å². The number of rotatable bonds is 2. The molecule has 2 aromatic rings. The number of carbonyl (C=O) groups is 1. The van der Waals surface area contributed by atoms with Crippen LogP contribution in [-0.4, -0.2) is 22.6 Å². The van der Waals surface area contributed by atoms with Gasteiger partial charge in [0.1, 0.15) is 17.5 Å². The van der Waals surface area contributed by atoms with Gasteiger partial charge in [0.05, 0.1) is 12.6 Å². The molecule has 3 rings (SSSR count). The predicted octanol–water partition coefficient (Wildman–Crippen LogP) is 4.22. The number of hydrogen-bond donors (Lipinski definition) is 1. The van der Waals surface area contributed by atoms with Crippen LogP contribution in [0.25, 0.3) is 5.57 Å². The highest BCUT2D eigenvalue weighted by molar-refractivity contribution is 5.78. The second kappa shape index (κ2) is 5.79. The summed E-state index contributed by atoms with van der Waals surface area (Å²) >= 11 is 0. The Morgan fingerprint density at radius 3 is 2.52 bits per heavy atom. The average Bonchev–Trinajstić information content (AvgIpc) is 2.95. The lowest BCUT2D eigenvalue weighted by Crippen LogP contribution is -2.30. The van der Waals surface area contributed by atoms with Crippen molar-refractivity contribution in [2.45, 2.75) is 6.04 Å². The first kappa shape index (κ1) is 15.1. The number of benzene rings is 2. The van der Waals surface area contributed by atoms with Crippen LogP contribution >= 0.6 is 0 Å². The molecule has 3 nitrogen and oxygen atoms in total. The van der Waals surface area contributed by atoms with Gasteiger partial charge in [0.15, 0.2) is 0 Å². The van der Waals surface area contributed by atoms with Gasteiger partial charge in [0.25, 0.3) is 0 Å². The molecule has 1 atom stereocenters. The lowest BCUT2D eigenvalue weighted by atomic mass is 10.0. The zero-order chi connectivity index (χ0) is 16.6. The van der Waals surface area contributed by atoms with Crippen molar-refractivity contribution in [1.82, 2.24) is 4.90 Å². The summed E-state index contributed by atoms with van der Waals surface area (Å²) in [5.41, 5.74) is 0.785. The molecule has 1 aliphatic heterocycles. The first-order chi connectivity index (χ1) is 11.0. The van der Waals surface area contributed by atoms with Crippen molar-refractivity contribution < 1.29 is 23.1 Å². The molecule has 0 saturated heterocycles. The molecular formula is C17H12F3NO2. The van der Waals surface area contributed by atoms with Crippen molar-refractivity contribution in [3.63, 3.8) is 0 Å². The molecule has 1 aliphatic rings. The van der Waals surface area contributed by atoms with E-state index in [9.17, 15) is 23.1 Å². The van der Waals surface area contributed by atoms with Gasteiger partial charge in [-0.3, -0.25) is 4.90 Å². The third-order valence-electron chi connectivity index (χ3n) is 3.75. The lowest BCUT2D eigenvalue weighted by molar-refractivity contribution is 0.144. The summed E-state index contributed by atoms with van der Waals surface area (Å²) in [6.07, 6.45) is 0.295. The van der Waals surface area contributed by atoms with Gasteiger partial charge in [-0.15, -0.1) is 0 Å². The van der Waals surface area contributed by atoms with E-state index in [1.165, 1.54) is 24.3 Å². The van der Waals surface area contributed by atoms with Crippen molar-refractivity contribution in [2.24, 2.45) is 0 Å². The van der Waals surface area contributed by atoms with Crippen molar-refractivity contribution in [3.8, 4) is 0 Å². The first-order valence-electron chi connectivity index (χ1n) is 6.87. The molecular weight excluding hydrogens is 307 g/mol. The zero-order valence-electron chi connectivity index (χ0n) is 11.8. The molecule has 118 valence electrons. The normalized spacial score (nSPS) is 17.3. The van der Waals surface area contributed by atoms with Crippen molar-refractivity contribution >= 4 is 11.7 Å². The van der Waals surface area contributed by atoms with Crippen molar-refractivity contribution in [1.29, 1.82) is 0 Å². The summed E-state index contributed by atoms with van der Waals surface area (Å²) in [6, 6.07) is 7.79. The first-order valence-corrected chi connectivity index (χ1v) is 6.87. The molecule has 2 aromatic carbocycles. The van der Waals surface area contributed by atoms with Gasteiger partial charge in [-0.25, -0.2) is 18.0 Å². The summed E-state index contributed by atoms with van der Waals surface area (Å²) in [4.78, 5) is 12.5. The molecule has 0 aliphatic carbocycles. The Morgan fingerprint density at radius 1 is 1.09 bits per heavy atom. The van der Waals surface area contributed by atoms with Gasteiger partial charge in [-0.2, -0.15) is 0 Å². The van der Waals surface area contributed by atoms with Crippen LogP contribution in [0, 0.1) is 17.5 Å². The molecule has 0 aromatic heterocycles. The third-order valence-corrected chi connectivity index (χ3v) is 3.75. The minimum Gasteiger partial charge on any atom is -0.465 e. The highest BCUT2D eigenvalue weighted by Gasteiger charge is 2.31. The lowest BCUT2D eigenvalue weighted by Gasteiger charge is -2.21. The Hall–Kier alpha value is -2.76. The van der Waals surface area contributed by atoms with Gasteiger partial charge >= 0.3 is 6.09 Å². The van der Waals surface area contributed by atoms with Crippen molar-refractivity contribution in [3.05, 3.63) is 77.1 Å². The Labute approximate surface area is 130 Å². The summed E-state index contributed by atoms with van der Waals surface area (Å²) < 4.78 is 40.7. The highest BCUT2D eigenvalue weighted by atomic mass is 19.1. The fraction of sp³-hybridized carbons (Fsp3) is 0.118. The van der Waals surface area contributed by atoms with Gasteiger partial charge in [0, 0.05) is 5.56 Å². The highest BCUT2D eigenvalue weighted by Crippen LogP contribution is 2.35. The Kier molecular flexibility index (Phi) is 3.82. The topological polar surface area (TPSA) is 40.5 Å². The number of halogens is 3. The minimum atomic E-state index is -1.22. The Balaban J connectivity index is 2.05. The Bertz CT molecular complexity index is 804. The summed E-state index contributed by atoms with van der Waals surface area (Å²) in [5, 5.41) is 9.33. The number of amides is 1. The summed E-state index contributed by atoms with van der Waals surface area (Å²) in [5.74, 6) is -1.74. The molecule has 0 bridgehead atoms. The molecule has 23 heavy (non-hydrogen) atoms. The average molecular weight is 319 g/mol. The van der Waals surface area contributed by atoms with Gasteiger partial charge in [-0.1, -0.05) is 18.2 Å². The van der Waals surface area contributed by atoms with Crippen LogP contribution in [0.3, 0.4) is 0 Å². The molecule has 0 radical (unpaired) electrons. The van der Waals surface area contributed by atoms with Crippen molar-refractivity contribution in [2.75, 3.05) is 6.54 Å². The second-order valence-electron chi connectivity index (χ2n) is 5.23. The van der Waals surface area contributed by atoms with E-state index in [1.54, 1.807) is 6.07 Å². The fourth-order valence-electron chi connectivity index (χ4n) is 2.69. The molecule has 0 fully saturated rings.